The molecule has 4 rings (SSSR count). The molecule has 0 aliphatic carbocycles. The molecule has 0 radical (unpaired) electrons. The van der Waals surface area contributed by atoms with Gasteiger partial charge >= 0.3 is 0 Å². The zero-order valence-electron chi connectivity index (χ0n) is 14.2. The lowest BCUT2D eigenvalue weighted by atomic mass is 10.0. The lowest BCUT2D eigenvalue weighted by Crippen LogP contribution is -2.45. The topological polar surface area (TPSA) is 59.5 Å². The highest BCUT2D eigenvalue weighted by atomic mass is 35.5. The number of hydrogen-bond acceptors (Lipinski definition) is 6. The SMILES string of the molecule is Cc1cc(Nc2ccc(Cl)cc2)nc(N2CCC3(CC2)OCCO3)n1. The van der Waals surface area contributed by atoms with E-state index in [1.165, 1.54) is 0 Å². The van der Waals surface area contributed by atoms with Crippen molar-refractivity contribution in [2.45, 2.75) is 25.6 Å². The van der Waals surface area contributed by atoms with E-state index in [9.17, 15) is 0 Å². The molecule has 2 aliphatic heterocycles. The van der Waals surface area contributed by atoms with Gasteiger partial charge in [0, 0.05) is 48.4 Å². The Hall–Kier alpha value is -1.89. The first-order valence-corrected chi connectivity index (χ1v) is 8.91. The molecule has 132 valence electrons. The van der Waals surface area contributed by atoms with Crippen LogP contribution in [0, 0.1) is 6.92 Å². The van der Waals surface area contributed by atoms with E-state index >= 15 is 0 Å². The van der Waals surface area contributed by atoms with Crippen molar-refractivity contribution in [2.75, 3.05) is 36.5 Å². The first-order chi connectivity index (χ1) is 12.1. The van der Waals surface area contributed by atoms with Crippen molar-refractivity contribution in [1.82, 2.24) is 9.97 Å². The second-order valence-corrected chi connectivity index (χ2v) is 6.86. The summed E-state index contributed by atoms with van der Waals surface area (Å²) in [7, 11) is 0. The minimum atomic E-state index is -0.384. The van der Waals surface area contributed by atoms with Crippen LogP contribution >= 0.6 is 11.6 Å². The molecule has 1 spiro atoms. The summed E-state index contributed by atoms with van der Waals surface area (Å²) in [4.78, 5) is 11.5. The van der Waals surface area contributed by atoms with Crippen molar-refractivity contribution in [2.24, 2.45) is 0 Å². The van der Waals surface area contributed by atoms with Crippen molar-refractivity contribution in [3.05, 3.63) is 41.0 Å². The first-order valence-electron chi connectivity index (χ1n) is 8.53. The second kappa shape index (κ2) is 6.78. The third kappa shape index (κ3) is 3.71. The van der Waals surface area contributed by atoms with Crippen LogP contribution in [-0.4, -0.2) is 42.1 Å². The highest BCUT2D eigenvalue weighted by Gasteiger charge is 2.40. The molecule has 2 fully saturated rings. The summed E-state index contributed by atoms with van der Waals surface area (Å²) in [6.07, 6.45) is 1.68. The number of halogens is 1. The Labute approximate surface area is 152 Å². The number of aromatic nitrogens is 2. The van der Waals surface area contributed by atoms with E-state index in [0.717, 1.165) is 49.1 Å². The Balaban J connectivity index is 1.49. The third-order valence-electron chi connectivity index (χ3n) is 4.58. The maximum Gasteiger partial charge on any atom is 0.227 e. The molecule has 1 N–H and O–H groups in total. The summed E-state index contributed by atoms with van der Waals surface area (Å²) in [6, 6.07) is 9.50. The maximum absolute atomic E-state index is 5.94. The fourth-order valence-electron chi connectivity index (χ4n) is 3.27. The first kappa shape index (κ1) is 16.6. The Bertz CT molecular complexity index is 737. The zero-order chi connectivity index (χ0) is 17.3. The summed E-state index contributed by atoms with van der Waals surface area (Å²) in [6.45, 7) is 5.01. The number of nitrogens with zero attached hydrogens (tertiary/aromatic N) is 3. The maximum atomic E-state index is 5.94. The van der Waals surface area contributed by atoms with Crippen LogP contribution in [0.25, 0.3) is 0 Å². The Morgan fingerprint density at radius 2 is 1.76 bits per heavy atom. The molecule has 0 bridgehead atoms. The van der Waals surface area contributed by atoms with Gasteiger partial charge in [0.15, 0.2) is 5.79 Å². The fraction of sp³-hybridized carbons (Fsp3) is 0.444. The molecule has 7 heteroatoms. The number of piperidine rings is 1. The number of nitrogens with one attached hydrogen (secondary N) is 1. The van der Waals surface area contributed by atoms with E-state index in [1.54, 1.807) is 0 Å². The van der Waals surface area contributed by atoms with Gasteiger partial charge in [0.05, 0.1) is 13.2 Å². The summed E-state index contributed by atoms with van der Waals surface area (Å²) in [5.74, 6) is 1.13. The predicted octanol–water partition coefficient (Wildman–Crippen LogP) is 3.53. The van der Waals surface area contributed by atoms with E-state index in [2.05, 4.69) is 20.2 Å². The van der Waals surface area contributed by atoms with Crippen molar-refractivity contribution in [3.8, 4) is 0 Å². The van der Waals surface area contributed by atoms with Gasteiger partial charge in [-0.2, -0.15) is 4.98 Å². The molecule has 6 nitrogen and oxygen atoms in total. The lowest BCUT2D eigenvalue weighted by molar-refractivity contribution is -0.169. The van der Waals surface area contributed by atoms with Crippen molar-refractivity contribution < 1.29 is 9.47 Å². The molecule has 2 saturated heterocycles. The zero-order valence-corrected chi connectivity index (χ0v) is 14.9. The average molecular weight is 361 g/mol. The van der Waals surface area contributed by atoms with Gasteiger partial charge < -0.3 is 19.7 Å². The standard InChI is InChI=1S/C18H21ClN4O2/c1-13-12-16(21-15-4-2-14(19)3-5-15)22-17(20-13)23-8-6-18(7-9-23)24-10-11-25-18/h2-5,12H,6-11H2,1H3,(H,20,21,22). The quantitative estimate of drug-likeness (QED) is 0.903. The van der Waals surface area contributed by atoms with Gasteiger partial charge in [-0.3, -0.25) is 0 Å². The van der Waals surface area contributed by atoms with Gasteiger partial charge in [0.2, 0.25) is 5.95 Å². The monoisotopic (exact) mass is 360 g/mol. The van der Waals surface area contributed by atoms with E-state index in [4.69, 9.17) is 21.1 Å². The molecule has 2 aromatic rings. The molecule has 3 heterocycles. The number of ether oxygens (including phenoxy) is 2. The number of aryl methyl sites for hydroxylation is 1. The predicted molar refractivity (Wildman–Crippen MR) is 97.6 cm³/mol. The minimum Gasteiger partial charge on any atom is -0.347 e. The van der Waals surface area contributed by atoms with Gasteiger partial charge in [0.1, 0.15) is 5.82 Å². The van der Waals surface area contributed by atoms with Crippen molar-refractivity contribution >= 4 is 29.1 Å². The largest absolute Gasteiger partial charge is 0.347 e. The molecule has 2 aliphatic rings. The summed E-state index contributed by atoms with van der Waals surface area (Å²) in [5, 5.41) is 4.03. The van der Waals surface area contributed by atoms with E-state index in [0.29, 0.717) is 18.2 Å². The number of benzene rings is 1. The van der Waals surface area contributed by atoms with E-state index < -0.39 is 0 Å². The van der Waals surface area contributed by atoms with Gasteiger partial charge in [-0.05, 0) is 31.2 Å². The highest BCUT2D eigenvalue weighted by Crippen LogP contribution is 2.32. The highest BCUT2D eigenvalue weighted by molar-refractivity contribution is 6.30. The van der Waals surface area contributed by atoms with E-state index in [-0.39, 0.29) is 5.79 Å². The van der Waals surface area contributed by atoms with Crippen LogP contribution in [0.15, 0.2) is 30.3 Å². The molecule has 0 saturated carbocycles. The van der Waals surface area contributed by atoms with Gasteiger partial charge in [-0.25, -0.2) is 4.98 Å². The molecule has 0 atom stereocenters. The number of rotatable bonds is 3. The van der Waals surface area contributed by atoms with Crippen molar-refractivity contribution in [3.63, 3.8) is 0 Å². The van der Waals surface area contributed by atoms with E-state index in [1.807, 2.05) is 37.3 Å². The smallest absolute Gasteiger partial charge is 0.227 e. The average Bonchev–Trinajstić information content (AvgIpc) is 3.05. The number of hydrogen-bond donors (Lipinski definition) is 1. The molecule has 1 aromatic heterocycles. The molecular weight excluding hydrogens is 340 g/mol. The van der Waals surface area contributed by atoms with Crippen LogP contribution in [0.5, 0.6) is 0 Å². The van der Waals surface area contributed by atoms with Crippen LogP contribution in [0.4, 0.5) is 17.5 Å². The molecule has 0 unspecified atom stereocenters. The van der Waals surface area contributed by atoms with Gasteiger partial charge in [-0.15, -0.1) is 0 Å². The molecular formula is C18H21ClN4O2. The molecule has 25 heavy (non-hydrogen) atoms. The van der Waals surface area contributed by atoms with Crippen molar-refractivity contribution in [1.29, 1.82) is 0 Å². The summed E-state index contributed by atoms with van der Waals surface area (Å²) < 4.78 is 11.6. The van der Waals surface area contributed by atoms with Crippen LogP contribution in [-0.2, 0) is 9.47 Å². The molecule has 1 aromatic carbocycles. The van der Waals surface area contributed by atoms with Gasteiger partial charge in [-0.1, -0.05) is 11.6 Å². The third-order valence-corrected chi connectivity index (χ3v) is 4.83. The van der Waals surface area contributed by atoms with Crippen LogP contribution in [0.2, 0.25) is 5.02 Å². The van der Waals surface area contributed by atoms with Crippen LogP contribution < -0.4 is 10.2 Å². The normalized spacial score (nSPS) is 19.4. The Morgan fingerprint density at radius 1 is 1.08 bits per heavy atom. The second-order valence-electron chi connectivity index (χ2n) is 6.42. The lowest BCUT2D eigenvalue weighted by Gasteiger charge is -2.37. The fourth-order valence-corrected chi connectivity index (χ4v) is 3.40. The van der Waals surface area contributed by atoms with Crippen LogP contribution in [0.3, 0.4) is 0 Å². The van der Waals surface area contributed by atoms with Crippen LogP contribution in [0.1, 0.15) is 18.5 Å². The summed E-state index contributed by atoms with van der Waals surface area (Å²) >= 11 is 5.94. The minimum absolute atomic E-state index is 0.384. The van der Waals surface area contributed by atoms with Gasteiger partial charge in [0.25, 0.3) is 0 Å². The Kier molecular flexibility index (Phi) is 4.50. The Morgan fingerprint density at radius 3 is 2.44 bits per heavy atom. The summed E-state index contributed by atoms with van der Waals surface area (Å²) in [5.41, 5.74) is 1.87. The molecule has 0 amide bonds. The number of anilines is 3.